The highest BCUT2D eigenvalue weighted by atomic mass is 127. The molecular weight excluding hydrogens is 345 g/mol. The van der Waals surface area contributed by atoms with Crippen LogP contribution in [0.25, 0.3) is 11.1 Å². The van der Waals surface area contributed by atoms with E-state index >= 15 is 0 Å². The van der Waals surface area contributed by atoms with Crippen molar-refractivity contribution in [3.63, 3.8) is 0 Å². The molecule has 0 aromatic heterocycles. The molecule has 0 aliphatic heterocycles. The second kappa shape index (κ2) is 7.65. The van der Waals surface area contributed by atoms with Gasteiger partial charge in [0.2, 0.25) is 0 Å². The van der Waals surface area contributed by atoms with Crippen LogP contribution in [0.15, 0.2) is 48.5 Å². The molecule has 0 fully saturated rings. The molecule has 100 valence electrons. The maximum atomic E-state index is 3.53. The molecule has 2 heteroatoms. The Morgan fingerprint density at radius 1 is 0.947 bits per heavy atom. The summed E-state index contributed by atoms with van der Waals surface area (Å²) < 4.78 is 1.31. The summed E-state index contributed by atoms with van der Waals surface area (Å²) in [6.07, 6.45) is 2.48. The van der Waals surface area contributed by atoms with E-state index in [1.165, 1.54) is 33.1 Å². The Bertz CT molecular complexity index is 522. The van der Waals surface area contributed by atoms with Crippen LogP contribution in [-0.4, -0.2) is 6.54 Å². The molecule has 0 amide bonds. The first-order valence-electron chi connectivity index (χ1n) is 6.86. The molecule has 1 N–H and O–H groups in total. The van der Waals surface area contributed by atoms with E-state index < -0.39 is 0 Å². The Balaban J connectivity index is 2.19. The minimum Gasteiger partial charge on any atom is -0.313 e. The molecule has 0 radical (unpaired) electrons. The first kappa shape index (κ1) is 14.5. The predicted octanol–water partition coefficient (Wildman–Crippen LogP) is 4.85. The fraction of sp³-hybridized carbons (Fsp3) is 0.294. The van der Waals surface area contributed by atoms with Crippen LogP contribution in [0.4, 0.5) is 0 Å². The molecule has 0 bridgehead atoms. The summed E-state index contributed by atoms with van der Waals surface area (Å²) >= 11 is 2.41. The topological polar surface area (TPSA) is 12.0 Å². The molecule has 19 heavy (non-hydrogen) atoms. The third-order valence-electron chi connectivity index (χ3n) is 3.20. The number of hydrogen-bond donors (Lipinski definition) is 1. The number of unbranched alkanes of at least 4 members (excludes halogenated alkanes) is 1. The van der Waals surface area contributed by atoms with Gasteiger partial charge < -0.3 is 5.32 Å². The highest BCUT2D eigenvalue weighted by Crippen LogP contribution is 2.28. The molecule has 0 aliphatic rings. The fourth-order valence-corrected chi connectivity index (χ4v) is 2.82. The van der Waals surface area contributed by atoms with Crippen molar-refractivity contribution < 1.29 is 0 Å². The van der Waals surface area contributed by atoms with Gasteiger partial charge in [0.15, 0.2) is 0 Å². The van der Waals surface area contributed by atoms with Crippen LogP contribution in [0.3, 0.4) is 0 Å². The molecule has 2 aromatic rings. The number of benzene rings is 2. The zero-order chi connectivity index (χ0) is 13.5. The van der Waals surface area contributed by atoms with Crippen LogP contribution >= 0.6 is 22.6 Å². The summed E-state index contributed by atoms with van der Waals surface area (Å²) in [7, 11) is 0. The van der Waals surface area contributed by atoms with Crippen LogP contribution in [-0.2, 0) is 6.54 Å². The van der Waals surface area contributed by atoms with Gasteiger partial charge in [-0.15, -0.1) is 0 Å². The minimum absolute atomic E-state index is 0.946. The lowest BCUT2D eigenvalue weighted by Gasteiger charge is -2.12. The molecular formula is C17H20IN. The third kappa shape index (κ3) is 4.05. The van der Waals surface area contributed by atoms with Gasteiger partial charge in [-0.25, -0.2) is 0 Å². The summed E-state index contributed by atoms with van der Waals surface area (Å²) in [4.78, 5) is 0. The van der Waals surface area contributed by atoms with Gasteiger partial charge >= 0.3 is 0 Å². The Labute approximate surface area is 129 Å². The van der Waals surface area contributed by atoms with Gasteiger partial charge in [0.1, 0.15) is 0 Å². The smallest absolute Gasteiger partial charge is 0.0211 e. The maximum Gasteiger partial charge on any atom is 0.0211 e. The van der Waals surface area contributed by atoms with Crippen LogP contribution in [0.2, 0.25) is 0 Å². The lowest BCUT2D eigenvalue weighted by molar-refractivity contribution is 0.642. The molecule has 2 rings (SSSR count). The SMILES string of the molecule is CCCCNCc1ccccc1-c1ccccc1I. The molecule has 0 saturated carbocycles. The van der Waals surface area contributed by atoms with Crippen molar-refractivity contribution in [1.82, 2.24) is 5.32 Å². The average Bonchev–Trinajstić information content (AvgIpc) is 2.45. The Hall–Kier alpha value is -0.870. The molecule has 1 nitrogen and oxygen atoms in total. The van der Waals surface area contributed by atoms with Crippen molar-refractivity contribution in [3.05, 3.63) is 57.7 Å². The van der Waals surface area contributed by atoms with Crippen molar-refractivity contribution in [2.24, 2.45) is 0 Å². The standard InChI is InChI=1S/C17H20IN/c1-2-3-12-19-13-14-8-4-5-9-15(14)16-10-6-7-11-17(16)18/h4-11,19H,2-3,12-13H2,1H3. The zero-order valence-corrected chi connectivity index (χ0v) is 13.5. The van der Waals surface area contributed by atoms with Gasteiger partial charge in [-0.05, 0) is 58.3 Å². The van der Waals surface area contributed by atoms with E-state index in [4.69, 9.17) is 0 Å². The van der Waals surface area contributed by atoms with Gasteiger partial charge in [0.05, 0.1) is 0 Å². The lowest BCUT2D eigenvalue weighted by Crippen LogP contribution is -2.15. The van der Waals surface area contributed by atoms with Crippen LogP contribution in [0.1, 0.15) is 25.3 Å². The van der Waals surface area contributed by atoms with E-state index in [1.807, 2.05) is 0 Å². The molecule has 0 spiro atoms. The maximum absolute atomic E-state index is 3.53. The lowest BCUT2D eigenvalue weighted by atomic mass is 10.00. The summed E-state index contributed by atoms with van der Waals surface area (Å²) in [6, 6.07) is 17.2. The van der Waals surface area contributed by atoms with Crippen molar-refractivity contribution in [2.75, 3.05) is 6.54 Å². The summed E-state index contributed by atoms with van der Waals surface area (Å²) in [5, 5.41) is 3.53. The Morgan fingerprint density at radius 3 is 2.37 bits per heavy atom. The molecule has 0 aliphatic carbocycles. The summed E-state index contributed by atoms with van der Waals surface area (Å²) in [5.41, 5.74) is 4.05. The average molecular weight is 365 g/mol. The molecule has 0 heterocycles. The third-order valence-corrected chi connectivity index (χ3v) is 4.14. The summed E-state index contributed by atoms with van der Waals surface area (Å²) in [6.45, 7) is 4.26. The van der Waals surface area contributed by atoms with E-state index in [9.17, 15) is 0 Å². The molecule has 0 saturated heterocycles. The highest BCUT2D eigenvalue weighted by Gasteiger charge is 2.06. The van der Waals surface area contributed by atoms with E-state index in [0.717, 1.165) is 13.1 Å². The normalized spacial score (nSPS) is 10.6. The van der Waals surface area contributed by atoms with E-state index in [0.29, 0.717) is 0 Å². The van der Waals surface area contributed by atoms with Gasteiger partial charge in [0, 0.05) is 10.1 Å². The van der Waals surface area contributed by atoms with Crippen LogP contribution in [0.5, 0.6) is 0 Å². The largest absolute Gasteiger partial charge is 0.313 e. The fourth-order valence-electron chi connectivity index (χ4n) is 2.14. The van der Waals surface area contributed by atoms with Gasteiger partial charge in [-0.1, -0.05) is 55.8 Å². The van der Waals surface area contributed by atoms with Crippen LogP contribution in [0, 0.1) is 3.57 Å². The highest BCUT2D eigenvalue weighted by molar-refractivity contribution is 14.1. The van der Waals surface area contributed by atoms with Gasteiger partial charge in [-0.3, -0.25) is 0 Å². The van der Waals surface area contributed by atoms with Crippen molar-refractivity contribution in [3.8, 4) is 11.1 Å². The van der Waals surface area contributed by atoms with E-state index in [-0.39, 0.29) is 0 Å². The molecule has 0 atom stereocenters. The predicted molar refractivity (Wildman–Crippen MR) is 91.2 cm³/mol. The second-order valence-electron chi connectivity index (χ2n) is 4.67. The first-order valence-corrected chi connectivity index (χ1v) is 7.94. The number of rotatable bonds is 6. The number of halogens is 1. The van der Waals surface area contributed by atoms with Crippen molar-refractivity contribution in [2.45, 2.75) is 26.3 Å². The van der Waals surface area contributed by atoms with Crippen LogP contribution < -0.4 is 5.32 Å². The van der Waals surface area contributed by atoms with Crippen molar-refractivity contribution >= 4 is 22.6 Å². The second-order valence-corrected chi connectivity index (χ2v) is 5.83. The first-order chi connectivity index (χ1) is 9.33. The monoisotopic (exact) mass is 365 g/mol. The zero-order valence-electron chi connectivity index (χ0n) is 11.3. The van der Waals surface area contributed by atoms with Crippen molar-refractivity contribution in [1.29, 1.82) is 0 Å². The Kier molecular flexibility index (Phi) is 5.86. The summed E-state index contributed by atoms with van der Waals surface area (Å²) in [5.74, 6) is 0. The quantitative estimate of drug-likeness (QED) is 0.570. The Morgan fingerprint density at radius 2 is 1.63 bits per heavy atom. The van der Waals surface area contributed by atoms with Gasteiger partial charge in [0.25, 0.3) is 0 Å². The molecule has 0 unspecified atom stereocenters. The number of hydrogen-bond acceptors (Lipinski definition) is 1. The molecule has 2 aromatic carbocycles. The number of nitrogens with one attached hydrogen (secondary N) is 1. The van der Waals surface area contributed by atoms with E-state index in [2.05, 4.69) is 83.4 Å². The van der Waals surface area contributed by atoms with E-state index in [1.54, 1.807) is 0 Å². The minimum atomic E-state index is 0.946. The van der Waals surface area contributed by atoms with Gasteiger partial charge in [-0.2, -0.15) is 0 Å².